The normalized spacial score (nSPS) is 10.2. The zero-order chi connectivity index (χ0) is 11.5. The second-order valence-corrected chi connectivity index (χ2v) is 4.03. The van der Waals surface area contributed by atoms with Crippen molar-refractivity contribution in [3.05, 3.63) is 55.9 Å². The molecule has 0 atom stereocenters. The first kappa shape index (κ1) is 11.0. The third kappa shape index (κ3) is 2.34. The molecule has 0 saturated carbocycles. The standard InChI is InChI=1S/C10H9N3OS2/c14-8-11-9(15)13(10(16)12-8)6-7-4-2-1-3-5-7/h1-5H,6H2,(H2,11,12,14,15,16). The molecule has 0 radical (unpaired) electrons. The molecule has 2 rings (SSSR count). The maximum absolute atomic E-state index is 11.1. The molecule has 0 saturated heterocycles. The summed E-state index contributed by atoms with van der Waals surface area (Å²) in [6.45, 7) is 0.547. The number of hydrogen-bond acceptors (Lipinski definition) is 3. The first-order chi connectivity index (χ1) is 7.66. The van der Waals surface area contributed by atoms with Crippen molar-refractivity contribution in [3.8, 4) is 0 Å². The van der Waals surface area contributed by atoms with E-state index < -0.39 is 0 Å². The van der Waals surface area contributed by atoms with E-state index in [1.807, 2.05) is 30.3 Å². The predicted octanol–water partition coefficient (Wildman–Crippen LogP) is 2.01. The van der Waals surface area contributed by atoms with Gasteiger partial charge >= 0.3 is 5.69 Å². The minimum Gasteiger partial charge on any atom is -0.291 e. The highest BCUT2D eigenvalue weighted by Gasteiger charge is 1.98. The summed E-state index contributed by atoms with van der Waals surface area (Å²) in [4.78, 5) is 16.1. The van der Waals surface area contributed by atoms with E-state index in [0.717, 1.165) is 5.56 Å². The molecule has 0 spiro atoms. The highest BCUT2D eigenvalue weighted by molar-refractivity contribution is 7.71. The first-order valence-corrected chi connectivity index (χ1v) is 5.46. The Bertz CT molecular complexity index is 620. The molecule has 6 heteroatoms. The van der Waals surface area contributed by atoms with Crippen molar-refractivity contribution in [2.24, 2.45) is 0 Å². The van der Waals surface area contributed by atoms with Crippen LogP contribution in [0.3, 0.4) is 0 Å². The second kappa shape index (κ2) is 4.54. The molecule has 16 heavy (non-hydrogen) atoms. The number of benzene rings is 1. The molecular formula is C10H9N3OS2. The lowest BCUT2D eigenvalue weighted by Crippen LogP contribution is -2.18. The Morgan fingerprint density at radius 3 is 2.19 bits per heavy atom. The van der Waals surface area contributed by atoms with Gasteiger partial charge in [-0.2, -0.15) is 0 Å². The van der Waals surface area contributed by atoms with E-state index in [2.05, 4.69) is 9.97 Å². The lowest BCUT2D eigenvalue weighted by atomic mass is 10.2. The molecule has 2 N–H and O–H groups in total. The number of rotatable bonds is 2. The molecule has 4 nitrogen and oxygen atoms in total. The SMILES string of the molecule is O=c1[nH]c(=S)n(Cc2ccccc2)c(=S)[nH]1. The van der Waals surface area contributed by atoms with Crippen molar-refractivity contribution in [2.75, 3.05) is 0 Å². The Labute approximate surface area is 102 Å². The summed E-state index contributed by atoms with van der Waals surface area (Å²) in [7, 11) is 0. The molecule has 0 aliphatic carbocycles. The molecule has 0 bridgehead atoms. The summed E-state index contributed by atoms with van der Waals surface area (Å²) in [5, 5.41) is 0. The fraction of sp³-hybridized carbons (Fsp3) is 0.100. The molecule has 0 amide bonds. The van der Waals surface area contributed by atoms with Crippen LogP contribution in [0.4, 0.5) is 0 Å². The van der Waals surface area contributed by atoms with E-state index in [1.54, 1.807) is 4.57 Å². The molecule has 0 aliphatic rings. The van der Waals surface area contributed by atoms with Crippen LogP contribution < -0.4 is 5.69 Å². The van der Waals surface area contributed by atoms with Crippen molar-refractivity contribution in [1.82, 2.24) is 14.5 Å². The van der Waals surface area contributed by atoms with Gasteiger partial charge in [-0.3, -0.25) is 14.5 Å². The van der Waals surface area contributed by atoms with Crippen LogP contribution in [0.5, 0.6) is 0 Å². The van der Waals surface area contributed by atoms with Crippen LogP contribution >= 0.6 is 24.4 Å². The smallest absolute Gasteiger partial charge is 0.291 e. The number of aromatic nitrogens is 3. The third-order valence-electron chi connectivity index (χ3n) is 2.11. The van der Waals surface area contributed by atoms with E-state index >= 15 is 0 Å². The molecule has 1 aromatic heterocycles. The van der Waals surface area contributed by atoms with Crippen LogP contribution in [0, 0.1) is 9.54 Å². The zero-order valence-corrected chi connectivity index (χ0v) is 9.90. The molecule has 1 heterocycles. The first-order valence-electron chi connectivity index (χ1n) is 4.64. The minimum absolute atomic E-state index is 0.331. The highest BCUT2D eigenvalue weighted by atomic mass is 32.1. The van der Waals surface area contributed by atoms with Gasteiger partial charge in [0.2, 0.25) is 0 Å². The van der Waals surface area contributed by atoms with Gasteiger partial charge < -0.3 is 0 Å². The number of H-pyrrole nitrogens is 2. The summed E-state index contributed by atoms with van der Waals surface area (Å²) in [5.41, 5.74) is 0.699. The van der Waals surface area contributed by atoms with Crippen LogP contribution in [0.25, 0.3) is 0 Å². The van der Waals surface area contributed by atoms with E-state index in [1.165, 1.54) is 0 Å². The van der Waals surface area contributed by atoms with Crippen LogP contribution in [0.2, 0.25) is 0 Å². The topological polar surface area (TPSA) is 53.6 Å². The van der Waals surface area contributed by atoms with Crippen molar-refractivity contribution in [1.29, 1.82) is 0 Å². The fourth-order valence-electron chi connectivity index (χ4n) is 1.36. The van der Waals surface area contributed by atoms with Gasteiger partial charge in [0.25, 0.3) is 0 Å². The average molecular weight is 251 g/mol. The van der Waals surface area contributed by atoms with Gasteiger partial charge in [-0.15, -0.1) is 0 Å². The second-order valence-electron chi connectivity index (χ2n) is 3.26. The molecule has 0 aliphatic heterocycles. The van der Waals surface area contributed by atoms with Crippen molar-refractivity contribution >= 4 is 24.4 Å². The van der Waals surface area contributed by atoms with Gasteiger partial charge in [-0.25, -0.2) is 4.79 Å². The summed E-state index contributed by atoms with van der Waals surface area (Å²) >= 11 is 10.1. The maximum atomic E-state index is 11.1. The predicted molar refractivity (Wildman–Crippen MR) is 66.6 cm³/mol. The van der Waals surface area contributed by atoms with Crippen LogP contribution in [-0.2, 0) is 6.54 Å². The molecular weight excluding hydrogens is 242 g/mol. The number of nitrogens with zero attached hydrogens (tertiary/aromatic N) is 1. The molecule has 0 unspecified atom stereocenters. The van der Waals surface area contributed by atoms with E-state index in [0.29, 0.717) is 16.1 Å². The fourth-order valence-corrected chi connectivity index (χ4v) is 1.92. The molecule has 0 fully saturated rings. The largest absolute Gasteiger partial charge is 0.327 e. The van der Waals surface area contributed by atoms with E-state index in [-0.39, 0.29) is 5.69 Å². The summed E-state index contributed by atoms with van der Waals surface area (Å²) in [5.74, 6) is 0. The number of hydrogen-bond donors (Lipinski definition) is 2. The Balaban J connectivity index is 2.48. The van der Waals surface area contributed by atoms with Crippen molar-refractivity contribution < 1.29 is 0 Å². The van der Waals surface area contributed by atoms with Gasteiger partial charge in [-0.1, -0.05) is 30.3 Å². The molecule has 82 valence electrons. The van der Waals surface area contributed by atoms with Gasteiger partial charge in [-0.05, 0) is 30.0 Å². The Morgan fingerprint density at radius 1 is 1.06 bits per heavy atom. The third-order valence-corrected chi connectivity index (χ3v) is 2.76. The van der Waals surface area contributed by atoms with Gasteiger partial charge in [0, 0.05) is 0 Å². The Morgan fingerprint density at radius 2 is 1.62 bits per heavy atom. The van der Waals surface area contributed by atoms with Crippen LogP contribution in [-0.4, -0.2) is 14.5 Å². The Kier molecular flexibility index (Phi) is 3.12. The van der Waals surface area contributed by atoms with Gasteiger partial charge in [0.15, 0.2) is 9.54 Å². The van der Waals surface area contributed by atoms with E-state index in [9.17, 15) is 4.79 Å². The lowest BCUT2D eigenvalue weighted by molar-refractivity contribution is 0.696. The Hall–Kier alpha value is -1.53. The summed E-state index contributed by atoms with van der Waals surface area (Å²) in [6, 6.07) is 9.77. The van der Waals surface area contributed by atoms with Crippen molar-refractivity contribution in [2.45, 2.75) is 6.54 Å². The van der Waals surface area contributed by atoms with Crippen LogP contribution in [0.15, 0.2) is 35.1 Å². The van der Waals surface area contributed by atoms with E-state index in [4.69, 9.17) is 24.4 Å². The van der Waals surface area contributed by atoms with Crippen molar-refractivity contribution in [3.63, 3.8) is 0 Å². The van der Waals surface area contributed by atoms with Crippen LogP contribution in [0.1, 0.15) is 5.56 Å². The zero-order valence-electron chi connectivity index (χ0n) is 8.27. The highest BCUT2D eigenvalue weighted by Crippen LogP contribution is 2.02. The summed E-state index contributed by atoms with van der Waals surface area (Å²) < 4.78 is 2.33. The monoisotopic (exact) mass is 251 g/mol. The summed E-state index contributed by atoms with van der Waals surface area (Å²) in [6.07, 6.45) is 0. The minimum atomic E-state index is -0.376. The molecule has 2 aromatic rings. The molecule has 1 aromatic carbocycles. The average Bonchev–Trinajstić information content (AvgIpc) is 2.25. The number of nitrogens with one attached hydrogen (secondary N) is 2. The number of aromatic amines is 2. The maximum Gasteiger partial charge on any atom is 0.327 e. The quantitative estimate of drug-likeness (QED) is 0.803. The van der Waals surface area contributed by atoms with Gasteiger partial charge in [0.1, 0.15) is 0 Å². The van der Waals surface area contributed by atoms with Gasteiger partial charge in [0.05, 0.1) is 6.54 Å². The lowest BCUT2D eigenvalue weighted by Gasteiger charge is -2.05.